The molecule has 1 aromatic rings. The molecule has 114 valence electrons. The number of benzene rings is 1. The molecule has 0 aromatic heterocycles. The Kier molecular flexibility index (Phi) is 3.53. The zero-order valence-corrected chi connectivity index (χ0v) is 12.8. The quantitative estimate of drug-likeness (QED) is 0.880. The molecule has 6 heteroatoms. The van der Waals surface area contributed by atoms with E-state index in [1.807, 2.05) is 4.90 Å². The molecule has 2 fully saturated rings. The van der Waals surface area contributed by atoms with Gasteiger partial charge < -0.3 is 10.6 Å². The molecule has 3 rings (SSSR count). The van der Waals surface area contributed by atoms with Gasteiger partial charge in [-0.3, -0.25) is 4.79 Å². The van der Waals surface area contributed by atoms with E-state index in [2.05, 4.69) is 0 Å². The molecule has 0 bridgehead atoms. The molecule has 2 aliphatic rings. The zero-order valence-electron chi connectivity index (χ0n) is 12.0. The zero-order chi connectivity index (χ0) is 15.2. The Morgan fingerprint density at radius 1 is 1.29 bits per heavy atom. The average molecular weight is 308 g/mol. The molecule has 1 saturated carbocycles. The molecule has 1 aliphatic carbocycles. The van der Waals surface area contributed by atoms with Gasteiger partial charge in [0.1, 0.15) is 0 Å². The number of fused-ring (bicyclic) bond motifs is 1. The van der Waals surface area contributed by atoms with E-state index >= 15 is 0 Å². The highest BCUT2D eigenvalue weighted by atomic mass is 32.2. The minimum Gasteiger partial charge on any atom is -0.338 e. The summed E-state index contributed by atoms with van der Waals surface area (Å²) in [5, 5.41) is 0. The summed E-state index contributed by atoms with van der Waals surface area (Å²) in [5.41, 5.74) is 6.52. The Morgan fingerprint density at radius 3 is 2.71 bits per heavy atom. The molecule has 0 spiro atoms. The second kappa shape index (κ2) is 5.10. The molecule has 21 heavy (non-hydrogen) atoms. The normalized spacial score (nSPS) is 28.7. The third kappa shape index (κ3) is 2.70. The molecule has 1 saturated heterocycles. The van der Waals surface area contributed by atoms with Gasteiger partial charge in [0.15, 0.2) is 9.84 Å². The molecule has 1 aromatic carbocycles. The monoisotopic (exact) mass is 308 g/mol. The van der Waals surface area contributed by atoms with Crippen LogP contribution < -0.4 is 5.73 Å². The molecule has 1 amide bonds. The lowest BCUT2D eigenvalue weighted by molar-refractivity contribution is 0.0779. The van der Waals surface area contributed by atoms with Crippen molar-refractivity contribution in [3.63, 3.8) is 0 Å². The Hall–Kier alpha value is -1.40. The number of carbonyl (C=O) groups excluding carboxylic acids is 1. The number of rotatable bonds is 2. The smallest absolute Gasteiger partial charge is 0.253 e. The summed E-state index contributed by atoms with van der Waals surface area (Å²) in [6.07, 6.45) is 3.27. The molecule has 1 aliphatic heterocycles. The Balaban J connectivity index is 1.81. The van der Waals surface area contributed by atoms with Gasteiger partial charge in [0.05, 0.1) is 4.90 Å². The lowest BCUT2D eigenvalue weighted by Crippen LogP contribution is -2.33. The van der Waals surface area contributed by atoms with Gasteiger partial charge in [-0.05, 0) is 42.9 Å². The highest BCUT2D eigenvalue weighted by Crippen LogP contribution is 2.37. The van der Waals surface area contributed by atoms with E-state index in [1.54, 1.807) is 12.1 Å². The minimum atomic E-state index is -3.30. The lowest BCUT2D eigenvalue weighted by Gasteiger charge is -2.19. The number of nitrogens with zero attached hydrogens (tertiary/aromatic N) is 1. The average Bonchev–Trinajstić information content (AvgIpc) is 3.00. The molecule has 2 N–H and O–H groups in total. The summed E-state index contributed by atoms with van der Waals surface area (Å²) in [5.74, 6) is 0.802. The van der Waals surface area contributed by atoms with Crippen LogP contribution >= 0.6 is 0 Å². The van der Waals surface area contributed by atoms with Crippen LogP contribution in [0.3, 0.4) is 0 Å². The predicted molar refractivity (Wildman–Crippen MR) is 79.6 cm³/mol. The van der Waals surface area contributed by atoms with Crippen LogP contribution in [0.5, 0.6) is 0 Å². The number of sulfone groups is 1. The van der Waals surface area contributed by atoms with Gasteiger partial charge in [-0.15, -0.1) is 0 Å². The lowest BCUT2D eigenvalue weighted by atomic mass is 9.98. The van der Waals surface area contributed by atoms with Crippen molar-refractivity contribution >= 4 is 15.7 Å². The van der Waals surface area contributed by atoms with Crippen molar-refractivity contribution in [2.45, 2.75) is 23.8 Å². The standard InChI is InChI=1S/C15H20N2O3S/c1-21(19,20)12-4-2-3-10(7-12)15(18)17-8-11-5-6-14(16)13(11)9-17/h2-4,7,11,13-14H,5-6,8-9,16H2,1H3. The van der Waals surface area contributed by atoms with Crippen LogP contribution in [0, 0.1) is 11.8 Å². The summed E-state index contributed by atoms with van der Waals surface area (Å²) in [6.45, 7) is 1.42. The van der Waals surface area contributed by atoms with E-state index in [0.29, 0.717) is 23.9 Å². The van der Waals surface area contributed by atoms with Gasteiger partial charge in [-0.2, -0.15) is 0 Å². The van der Waals surface area contributed by atoms with Crippen molar-refractivity contribution < 1.29 is 13.2 Å². The first-order valence-corrected chi connectivity index (χ1v) is 9.10. The summed E-state index contributed by atoms with van der Waals surface area (Å²) in [6, 6.07) is 6.46. The van der Waals surface area contributed by atoms with Crippen molar-refractivity contribution in [2.75, 3.05) is 19.3 Å². The molecule has 5 nitrogen and oxygen atoms in total. The van der Waals surface area contributed by atoms with Crippen LogP contribution in [0.1, 0.15) is 23.2 Å². The van der Waals surface area contributed by atoms with E-state index < -0.39 is 9.84 Å². The van der Waals surface area contributed by atoms with E-state index in [4.69, 9.17) is 5.73 Å². The van der Waals surface area contributed by atoms with E-state index in [9.17, 15) is 13.2 Å². The summed E-state index contributed by atoms with van der Waals surface area (Å²) in [4.78, 5) is 14.6. The Morgan fingerprint density at radius 2 is 2.05 bits per heavy atom. The fraction of sp³-hybridized carbons (Fsp3) is 0.533. The van der Waals surface area contributed by atoms with Crippen molar-refractivity contribution in [1.82, 2.24) is 4.90 Å². The summed E-state index contributed by atoms with van der Waals surface area (Å²) >= 11 is 0. The first-order chi connectivity index (χ1) is 9.86. The van der Waals surface area contributed by atoms with Crippen LogP contribution in [-0.4, -0.2) is 44.6 Å². The van der Waals surface area contributed by atoms with Gasteiger partial charge in [-0.25, -0.2) is 8.42 Å². The molecule has 1 heterocycles. The molecular formula is C15H20N2O3S. The first kappa shape index (κ1) is 14.5. The van der Waals surface area contributed by atoms with Gasteiger partial charge in [0.25, 0.3) is 5.91 Å². The maximum absolute atomic E-state index is 12.6. The van der Waals surface area contributed by atoms with Crippen molar-refractivity contribution in [1.29, 1.82) is 0 Å². The largest absolute Gasteiger partial charge is 0.338 e. The SMILES string of the molecule is CS(=O)(=O)c1cccc(C(=O)N2CC3CCC(N)C3C2)c1. The van der Waals surface area contributed by atoms with Gasteiger partial charge >= 0.3 is 0 Å². The predicted octanol–water partition coefficient (Wildman–Crippen LogP) is 0.899. The van der Waals surface area contributed by atoms with Gasteiger partial charge in [-0.1, -0.05) is 6.07 Å². The maximum Gasteiger partial charge on any atom is 0.253 e. The molecular weight excluding hydrogens is 288 g/mol. The number of hydrogen-bond donors (Lipinski definition) is 1. The van der Waals surface area contributed by atoms with Crippen molar-refractivity contribution in [3.8, 4) is 0 Å². The minimum absolute atomic E-state index is 0.0953. The van der Waals surface area contributed by atoms with Crippen molar-refractivity contribution in [2.24, 2.45) is 17.6 Å². The molecule has 0 radical (unpaired) electrons. The second-order valence-corrected chi connectivity index (χ2v) is 8.19. The number of amides is 1. The second-order valence-electron chi connectivity index (χ2n) is 6.18. The van der Waals surface area contributed by atoms with E-state index in [-0.39, 0.29) is 16.8 Å². The number of likely N-dealkylation sites (tertiary alicyclic amines) is 1. The van der Waals surface area contributed by atoms with E-state index in [1.165, 1.54) is 12.1 Å². The first-order valence-electron chi connectivity index (χ1n) is 7.21. The number of hydrogen-bond acceptors (Lipinski definition) is 4. The van der Waals surface area contributed by atoms with E-state index in [0.717, 1.165) is 25.6 Å². The highest BCUT2D eigenvalue weighted by molar-refractivity contribution is 7.90. The van der Waals surface area contributed by atoms with Gasteiger partial charge in [0, 0.05) is 31.0 Å². The maximum atomic E-state index is 12.6. The Bertz CT molecular complexity index is 671. The van der Waals surface area contributed by atoms with Crippen LogP contribution in [0.25, 0.3) is 0 Å². The topological polar surface area (TPSA) is 80.5 Å². The Labute approximate surface area is 125 Å². The third-order valence-electron chi connectivity index (χ3n) is 4.71. The van der Waals surface area contributed by atoms with Crippen LogP contribution in [0.2, 0.25) is 0 Å². The number of carbonyl (C=O) groups is 1. The molecule has 3 unspecified atom stereocenters. The van der Waals surface area contributed by atoms with Crippen LogP contribution in [0.15, 0.2) is 29.2 Å². The fourth-order valence-corrected chi connectivity index (χ4v) is 4.18. The summed E-state index contributed by atoms with van der Waals surface area (Å²) < 4.78 is 23.2. The fourth-order valence-electron chi connectivity index (χ4n) is 3.52. The third-order valence-corrected chi connectivity index (χ3v) is 5.82. The van der Waals surface area contributed by atoms with Crippen molar-refractivity contribution in [3.05, 3.63) is 29.8 Å². The summed E-state index contributed by atoms with van der Waals surface area (Å²) in [7, 11) is -3.30. The van der Waals surface area contributed by atoms with Crippen LogP contribution in [0.4, 0.5) is 0 Å². The van der Waals surface area contributed by atoms with Crippen LogP contribution in [-0.2, 0) is 9.84 Å². The molecule has 3 atom stereocenters. The van der Waals surface area contributed by atoms with Gasteiger partial charge in [0.2, 0.25) is 0 Å². The highest BCUT2D eigenvalue weighted by Gasteiger charge is 2.42. The number of nitrogens with two attached hydrogens (primary N) is 1.